The summed E-state index contributed by atoms with van der Waals surface area (Å²) in [6, 6.07) is 0. The van der Waals surface area contributed by atoms with Crippen molar-refractivity contribution in [1.82, 2.24) is 5.32 Å². The summed E-state index contributed by atoms with van der Waals surface area (Å²) >= 11 is 0. The lowest BCUT2D eigenvalue weighted by atomic mass is 9.97. The number of halogens is 2. The SMILES string of the molecule is CCCC(CCC)C(=O)NCC(F)(F)CN. The number of alkyl halides is 2. The molecule has 0 unspecified atom stereocenters. The lowest BCUT2D eigenvalue weighted by Gasteiger charge is -2.18. The minimum absolute atomic E-state index is 0.149. The third-order valence-electron chi connectivity index (χ3n) is 2.46. The number of amides is 1. The maximum Gasteiger partial charge on any atom is 0.277 e. The van der Waals surface area contributed by atoms with E-state index in [0.29, 0.717) is 0 Å². The van der Waals surface area contributed by atoms with E-state index in [-0.39, 0.29) is 11.8 Å². The van der Waals surface area contributed by atoms with Gasteiger partial charge in [0.1, 0.15) is 0 Å². The van der Waals surface area contributed by atoms with Crippen molar-refractivity contribution in [3.63, 3.8) is 0 Å². The van der Waals surface area contributed by atoms with Crippen molar-refractivity contribution >= 4 is 5.91 Å². The number of hydrogen-bond acceptors (Lipinski definition) is 2. The number of rotatable bonds is 8. The zero-order valence-electron chi connectivity index (χ0n) is 10.1. The summed E-state index contributed by atoms with van der Waals surface area (Å²) in [5.41, 5.74) is 4.88. The van der Waals surface area contributed by atoms with Crippen molar-refractivity contribution in [2.24, 2.45) is 11.7 Å². The molecule has 0 bridgehead atoms. The maximum atomic E-state index is 12.8. The van der Waals surface area contributed by atoms with E-state index in [2.05, 4.69) is 5.32 Å². The van der Waals surface area contributed by atoms with Gasteiger partial charge in [-0.2, -0.15) is 0 Å². The molecule has 0 saturated carbocycles. The Labute approximate surface area is 95.8 Å². The summed E-state index contributed by atoms with van der Waals surface area (Å²) in [5.74, 6) is -3.43. The lowest BCUT2D eigenvalue weighted by molar-refractivity contribution is -0.127. The molecule has 0 radical (unpaired) electrons. The molecule has 16 heavy (non-hydrogen) atoms. The van der Waals surface area contributed by atoms with Gasteiger partial charge in [-0.3, -0.25) is 4.79 Å². The van der Waals surface area contributed by atoms with Gasteiger partial charge in [-0.15, -0.1) is 0 Å². The summed E-state index contributed by atoms with van der Waals surface area (Å²) in [6.45, 7) is 2.56. The highest BCUT2D eigenvalue weighted by atomic mass is 19.3. The van der Waals surface area contributed by atoms with Crippen LogP contribution in [-0.2, 0) is 4.79 Å². The first-order chi connectivity index (χ1) is 7.46. The summed E-state index contributed by atoms with van der Waals surface area (Å²) in [4.78, 5) is 11.6. The third-order valence-corrected chi connectivity index (χ3v) is 2.46. The Hall–Kier alpha value is -0.710. The molecule has 0 aliphatic rings. The van der Waals surface area contributed by atoms with Crippen LogP contribution >= 0.6 is 0 Å². The number of carbonyl (C=O) groups is 1. The third kappa shape index (κ3) is 6.00. The van der Waals surface area contributed by atoms with Crippen LogP contribution in [0.2, 0.25) is 0 Å². The molecule has 0 rings (SSSR count). The summed E-state index contributed by atoms with van der Waals surface area (Å²) in [5, 5.41) is 2.27. The minimum atomic E-state index is -3.00. The van der Waals surface area contributed by atoms with Crippen LogP contribution in [0.15, 0.2) is 0 Å². The second-order valence-electron chi connectivity index (χ2n) is 4.05. The van der Waals surface area contributed by atoms with E-state index in [1.165, 1.54) is 0 Å². The molecule has 0 aromatic carbocycles. The normalized spacial score (nSPS) is 11.9. The van der Waals surface area contributed by atoms with Gasteiger partial charge in [0.25, 0.3) is 5.92 Å². The Morgan fingerprint density at radius 1 is 1.31 bits per heavy atom. The number of carbonyl (C=O) groups excluding carboxylic acids is 1. The molecule has 0 aliphatic heterocycles. The Balaban J connectivity index is 4.09. The van der Waals surface area contributed by atoms with Crippen LogP contribution in [-0.4, -0.2) is 24.9 Å². The van der Waals surface area contributed by atoms with Crippen LogP contribution < -0.4 is 11.1 Å². The summed E-state index contributed by atoms with van der Waals surface area (Å²) in [7, 11) is 0. The molecule has 1 amide bonds. The van der Waals surface area contributed by atoms with Crippen LogP contribution in [0.25, 0.3) is 0 Å². The highest BCUT2D eigenvalue weighted by Gasteiger charge is 2.28. The molecule has 0 fully saturated rings. The minimum Gasteiger partial charge on any atom is -0.350 e. The van der Waals surface area contributed by atoms with E-state index < -0.39 is 19.0 Å². The van der Waals surface area contributed by atoms with Crippen molar-refractivity contribution in [3.05, 3.63) is 0 Å². The van der Waals surface area contributed by atoms with Crippen LogP contribution in [0.5, 0.6) is 0 Å². The molecule has 96 valence electrons. The molecule has 0 saturated heterocycles. The predicted octanol–water partition coefficient (Wildman–Crippen LogP) is 1.91. The molecule has 0 atom stereocenters. The van der Waals surface area contributed by atoms with Crippen molar-refractivity contribution in [3.8, 4) is 0 Å². The Morgan fingerprint density at radius 2 is 1.81 bits per heavy atom. The average molecular weight is 236 g/mol. The molecule has 0 aliphatic carbocycles. The van der Waals surface area contributed by atoms with Crippen molar-refractivity contribution in [2.75, 3.05) is 13.1 Å². The van der Waals surface area contributed by atoms with Gasteiger partial charge < -0.3 is 11.1 Å². The maximum absolute atomic E-state index is 12.8. The lowest BCUT2D eigenvalue weighted by Crippen LogP contribution is -2.43. The zero-order valence-corrected chi connectivity index (χ0v) is 10.1. The fourth-order valence-electron chi connectivity index (χ4n) is 1.54. The van der Waals surface area contributed by atoms with E-state index >= 15 is 0 Å². The van der Waals surface area contributed by atoms with Crippen LogP contribution in [0, 0.1) is 5.92 Å². The van der Waals surface area contributed by atoms with E-state index in [0.717, 1.165) is 25.7 Å². The Kier molecular flexibility index (Phi) is 7.21. The molecule has 3 nitrogen and oxygen atoms in total. The molecular weight excluding hydrogens is 214 g/mol. The largest absolute Gasteiger partial charge is 0.350 e. The first-order valence-electron chi connectivity index (χ1n) is 5.82. The van der Waals surface area contributed by atoms with Crippen molar-refractivity contribution < 1.29 is 13.6 Å². The van der Waals surface area contributed by atoms with Gasteiger partial charge in [0, 0.05) is 5.92 Å². The van der Waals surface area contributed by atoms with Crippen LogP contribution in [0.1, 0.15) is 39.5 Å². The second kappa shape index (κ2) is 7.54. The highest BCUT2D eigenvalue weighted by Crippen LogP contribution is 2.15. The standard InChI is InChI=1S/C11H22F2N2O/c1-3-5-9(6-4-2)10(16)15-8-11(12,13)7-14/h9H,3-8,14H2,1-2H3,(H,15,16). The average Bonchev–Trinajstić information content (AvgIpc) is 2.26. The summed E-state index contributed by atoms with van der Waals surface area (Å²) < 4.78 is 25.6. The van der Waals surface area contributed by atoms with E-state index in [9.17, 15) is 13.6 Å². The number of nitrogens with one attached hydrogen (secondary N) is 1. The first-order valence-corrected chi connectivity index (χ1v) is 5.82. The zero-order chi connectivity index (χ0) is 12.6. The molecule has 5 heteroatoms. The molecule has 0 aromatic heterocycles. The Bertz CT molecular complexity index is 204. The van der Waals surface area contributed by atoms with Crippen LogP contribution in [0.4, 0.5) is 8.78 Å². The Morgan fingerprint density at radius 3 is 2.19 bits per heavy atom. The van der Waals surface area contributed by atoms with Gasteiger partial charge in [-0.25, -0.2) is 8.78 Å². The topological polar surface area (TPSA) is 55.1 Å². The monoisotopic (exact) mass is 236 g/mol. The molecular formula is C11H22F2N2O. The predicted molar refractivity (Wildman–Crippen MR) is 60.3 cm³/mol. The van der Waals surface area contributed by atoms with Gasteiger partial charge in [0.15, 0.2) is 0 Å². The smallest absolute Gasteiger partial charge is 0.277 e. The van der Waals surface area contributed by atoms with Crippen molar-refractivity contribution in [2.45, 2.75) is 45.5 Å². The number of nitrogens with two attached hydrogens (primary N) is 1. The van der Waals surface area contributed by atoms with Crippen LogP contribution in [0.3, 0.4) is 0 Å². The van der Waals surface area contributed by atoms with Gasteiger partial charge in [-0.1, -0.05) is 26.7 Å². The van der Waals surface area contributed by atoms with Gasteiger partial charge in [0.05, 0.1) is 13.1 Å². The fraction of sp³-hybridized carbons (Fsp3) is 0.909. The van der Waals surface area contributed by atoms with Crippen molar-refractivity contribution in [1.29, 1.82) is 0 Å². The van der Waals surface area contributed by atoms with E-state index in [4.69, 9.17) is 5.73 Å². The van der Waals surface area contributed by atoms with Gasteiger partial charge >= 0.3 is 0 Å². The van der Waals surface area contributed by atoms with E-state index in [1.807, 2.05) is 13.8 Å². The van der Waals surface area contributed by atoms with Gasteiger partial charge in [-0.05, 0) is 12.8 Å². The first kappa shape index (κ1) is 15.3. The fourth-order valence-corrected chi connectivity index (χ4v) is 1.54. The highest BCUT2D eigenvalue weighted by molar-refractivity contribution is 5.78. The van der Waals surface area contributed by atoms with Gasteiger partial charge in [0.2, 0.25) is 5.91 Å². The number of hydrogen-bond donors (Lipinski definition) is 2. The molecule has 0 heterocycles. The molecule has 0 spiro atoms. The molecule has 0 aromatic rings. The van der Waals surface area contributed by atoms with E-state index in [1.54, 1.807) is 0 Å². The second-order valence-corrected chi connectivity index (χ2v) is 4.05. The molecule has 3 N–H and O–H groups in total. The quantitative estimate of drug-likeness (QED) is 0.676. The summed E-state index contributed by atoms with van der Waals surface area (Å²) in [6.07, 6.45) is 3.25.